The Labute approximate surface area is 173 Å². The summed E-state index contributed by atoms with van der Waals surface area (Å²) < 4.78 is 25.2. The van der Waals surface area contributed by atoms with Crippen molar-refractivity contribution in [3.63, 3.8) is 0 Å². The van der Waals surface area contributed by atoms with Gasteiger partial charge in [0, 0.05) is 0 Å². The monoisotopic (exact) mass is 502 g/mol. The molecule has 1 unspecified atom stereocenters. The van der Waals surface area contributed by atoms with Gasteiger partial charge in [-0.15, -0.1) is 0 Å². The average molecular weight is 501 g/mol. The van der Waals surface area contributed by atoms with Crippen molar-refractivity contribution >= 4 is 26.7 Å². The minimum atomic E-state index is -2.51. The van der Waals surface area contributed by atoms with Crippen LogP contribution in [-0.4, -0.2) is 30.8 Å². The Kier molecular flexibility index (Phi) is 11.8. The second-order valence-electron chi connectivity index (χ2n) is 9.22. The first-order valence-electron chi connectivity index (χ1n) is 11.2. The molecule has 0 fully saturated rings. The Morgan fingerprint density at radius 2 is 1.30 bits per heavy atom. The van der Waals surface area contributed by atoms with Crippen molar-refractivity contribution < 1.29 is 8.82 Å². The first-order chi connectivity index (χ1) is 12.8. The zero-order valence-electron chi connectivity index (χ0n) is 18.7. The van der Waals surface area contributed by atoms with Gasteiger partial charge in [0.2, 0.25) is 0 Å². The molecule has 0 bridgehead atoms. The number of halogens is 1. The Morgan fingerprint density at radius 3 is 1.67 bits per heavy atom. The molecular weight excluding hydrogens is 458 g/mol. The van der Waals surface area contributed by atoms with E-state index in [1.807, 2.05) is 12.1 Å². The SMILES string of the molecule is CCC[CH2][Sn]([CH2]CCC)([CH2]CCC)[CH](Cc1ccc(F)cc1)O[Si](C)(C)C. The molecule has 1 nitrogen and oxygen atoms in total. The van der Waals surface area contributed by atoms with Gasteiger partial charge < -0.3 is 0 Å². The summed E-state index contributed by atoms with van der Waals surface area (Å²) in [4.78, 5) is 0. The quantitative estimate of drug-likeness (QED) is 0.235. The van der Waals surface area contributed by atoms with Gasteiger partial charge in [-0.2, -0.15) is 0 Å². The molecule has 1 aromatic rings. The topological polar surface area (TPSA) is 9.23 Å². The summed E-state index contributed by atoms with van der Waals surface area (Å²) in [5.74, 6) is -0.140. The van der Waals surface area contributed by atoms with Crippen molar-refractivity contribution in [2.75, 3.05) is 0 Å². The normalized spacial score (nSPS) is 13.7. The Balaban J connectivity index is 3.23. The third kappa shape index (κ3) is 9.44. The van der Waals surface area contributed by atoms with Crippen molar-refractivity contribution in [1.29, 1.82) is 0 Å². The first-order valence-corrected chi connectivity index (χ1v) is 22.3. The van der Waals surface area contributed by atoms with Crippen LogP contribution in [0, 0.1) is 5.82 Å². The standard InChI is InChI=1S/C11H16FOSi.3C4H9.Sn/c1-14(2,3)13-9-8-10-4-6-11(12)7-5-10;3*1-3-4-2;/h4-7,9H,8H2,1-3H3;3*1,3-4H2,2H3;. The summed E-state index contributed by atoms with van der Waals surface area (Å²) in [6, 6.07) is 7.18. The Hall–Kier alpha value is 0.126. The molecule has 0 aliphatic rings. The predicted octanol–water partition coefficient (Wildman–Crippen LogP) is 7.98. The molecule has 0 radical (unpaired) electrons. The van der Waals surface area contributed by atoms with Gasteiger partial charge in [-0.05, 0) is 0 Å². The molecule has 156 valence electrons. The van der Waals surface area contributed by atoms with Crippen LogP contribution in [0.2, 0.25) is 33.0 Å². The van der Waals surface area contributed by atoms with Gasteiger partial charge >= 0.3 is 174 Å². The van der Waals surface area contributed by atoms with Crippen LogP contribution in [0.4, 0.5) is 4.39 Å². The van der Waals surface area contributed by atoms with E-state index in [0.717, 1.165) is 6.42 Å². The molecule has 0 heterocycles. The molecule has 1 rings (SSSR count). The molecule has 1 atom stereocenters. The molecule has 0 amide bonds. The van der Waals surface area contributed by atoms with Gasteiger partial charge in [0.15, 0.2) is 0 Å². The summed E-state index contributed by atoms with van der Waals surface area (Å²) in [6.45, 7) is 14.0. The van der Waals surface area contributed by atoms with Crippen LogP contribution in [0.5, 0.6) is 0 Å². The van der Waals surface area contributed by atoms with E-state index < -0.39 is 26.7 Å². The third-order valence-corrected chi connectivity index (χ3v) is 23.6. The van der Waals surface area contributed by atoms with E-state index in [9.17, 15) is 4.39 Å². The predicted molar refractivity (Wildman–Crippen MR) is 123 cm³/mol. The fraction of sp³-hybridized carbons (Fsp3) is 0.739. The summed E-state index contributed by atoms with van der Waals surface area (Å²) >= 11 is -2.51. The van der Waals surface area contributed by atoms with E-state index in [1.165, 1.54) is 57.4 Å². The zero-order chi connectivity index (χ0) is 20.3. The van der Waals surface area contributed by atoms with Gasteiger partial charge in [-0.1, -0.05) is 0 Å². The molecule has 0 N–H and O–H groups in total. The van der Waals surface area contributed by atoms with Gasteiger partial charge in [-0.25, -0.2) is 0 Å². The molecule has 1 aromatic carbocycles. The fourth-order valence-corrected chi connectivity index (χ4v) is 26.3. The van der Waals surface area contributed by atoms with Gasteiger partial charge in [0.25, 0.3) is 0 Å². The van der Waals surface area contributed by atoms with E-state index in [2.05, 4.69) is 40.4 Å². The van der Waals surface area contributed by atoms with Crippen molar-refractivity contribution in [2.45, 2.75) is 103 Å². The van der Waals surface area contributed by atoms with Crippen LogP contribution in [-0.2, 0) is 10.8 Å². The van der Waals surface area contributed by atoms with E-state index in [4.69, 9.17) is 4.43 Å². The number of rotatable bonds is 14. The fourth-order valence-electron chi connectivity index (χ4n) is 4.09. The van der Waals surface area contributed by atoms with Crippen molar-refractivity contribution in [3.05, 3.63) is 35.6 Å². The summed E-state index contributed by atoms with van der Waals surface area (Å²) in [7, 11) is -1.63. The summed E-state index contributed by atoms with van der Waals surface area (Å²) in [5, 5.41) is 0. The molecular formula is C23H43FOSiSn. The van der Waals surface area contributed by atoms with E-state index in [0.29, 0.717) is 4.12 Å². The van der Waals surface area contributed by atoms with E-state index >= 15 is 0 Å². The maximum atomic E-state index is 13.4. The molecule has 4 heteroatoms. The Morgan fingerprint density at radius 1 is 0.852 bits per heavy atom. The molecule has 0 spiro atoms. The van der Waals surface area contributed by atoms with Crippen molar-refractivity contribution in [2.24, 2.45) is 0 Å². The third-order valence-electron chi connectivity index (χ3n) is 5.60. The summed E-state index contributed by atoms with van der Waals surface area (Å²) in [5.41, 5.74) is 1.25. The van der Waals surface area contributed by atoms with Crippen LogP contribution >= 0.6 is 0 Å². The van der Waals surface area contributed by atoms with Crippen LogP contribution in [0.25, 0.3) is 0 Å². The average Bonchev–Trinajstić information content (AvgIpc) is 2.61. The first kappa shape index (κ1) is 25.2. The maximum absolute atomic E-state index is 13.4. The van der Waals surface area contributed by atoms with Crippen molar-refractivity contribution in [1.82, 2.24) is 0 Å². The molecule has 0 saturated carbocycles. The molecule has 0 aliphatic heterocycles. The van der Waals surface area contributed by atoms with Crippen LogP contribution in [0.1, 0.15) is 64.9 Å². The number of hydrogen-bond donors (Lipinski definition) is 0. The van der Waals surface area contributed by atoms with Gasteiger partial charge in [0.05, 0.1) is 0 Å². The van der Waals surface area contributed by atoms with Gasteiger partial charge in [0.1, 0.15) is 0 Å². The van der Waals surface area contributed by atoms with Crippen LogP contribution in [0.15, 0.2) is 24.3 Å². The molecule has 0 saturated heterocycles. The second-order valence-corrected chi connectivity index (χ2v) is 27.6. The minimum absolute atomic E-state index is 0.140. The zero-order valence-corrected chi connectivity index (χ0v) is 22.6. The van der Waals surface area contributed by atoms with Gasteiger partial charge in [-0.3, -0.25) is 0 Å². The van der Waals surface area contributed by atoms with Crippen LogP contribution in [0.3, 0.4) is 0 Å². The van der Waals surface area contributed by atoms with Crippen molar-refractivity contribution in [3.8, 4) is 0 Å². The van der Waals surface area contributed by atoms with E-state index in [-0.39, 0.29) is 5.82 Å². The summed E-state index contributed by atoms with van der Waals surface area (Å²) in [6.07, 6.45) is 8.93. The number of unbranched alkanes of at least 4 members (excludes halogenated alkanes) is 3. The number of benzene rings is 1. The molecule has 27 heavy (non-hydrogen) atoms. The van der Waals surface area contributed by atoms with Crippen LogP contribution < -0.4 is 0 Å². The number of hydrogen-bond acceptors (Lipinski definition) is 1. The Bertz CT molecular complexity index is 490. The molecule has 0 aliphatic carbocycles. The second kappa shape index (κ2) is 12.6. The van der Waals surface area contributed by atoms with E-state index in [1.54, 1.807) is 12.1 Å². The molecule has 0 aromatic heterocycles.